The molecule has 1 saturated carbocycles. The van der Waals surface area contributed by atoms with Crippen molar-refractivity contribution < 1.29 is 18.0 Å². The van der Waals surface area contributed by atoms with Gasteiger partial charge in [-0.15, -0.1) is 10.2 Å². The molecule has 0 atom stereocenters. The highest BCUT2D eigenvalue weighted by molar-refractivity contribution is 7.91. The van der Waals surface area contributed by atoms with E-state index in [1.54, 1.807) is 12.1 Å². The van der Waals surface area contributed by atoms with Crippen LogP contribution in [-0.4, -0.2) is 40.7 Å². The molecule has 1 aromatic heterocycles. The van der Waals surface area contributed by atoms with Crippen molar-refractivity contribution in [1.29, 1.82) is 0 Å². The number of rotatable bonds is 8. The fourth-order valence-electron chi connectivity index (χ4n) is 2.63. The van der Waals surface area contributed by atoms with Gasteiger partial charge in [0.1, 0.15) is 18.1 Å². The third-order valence-electron chi connectivity index (χ3n) is 4.09. The summed E-state index contributed by atoms with van der Waals surface area (Å²) in [6.45, 7) is -0.332. The van der Waals surface area contributed by atoms with Gasteiger partial charge in [-0.1, -0.05) is 29.3 Å². The Balaban J connectivity index is 1.72. The van der Waals surface area contributed by atoms with Gasteiger partial charge >= 0.3 is 0 Å². The van der Waals surface area contributed by atoms with Crippen molar-refractivity contribution >= 4 is 44.9 Å². The summed E-state index contributed by atoms with van der Waals surface area (Å²) in [5.41, 5.74) is 5.80. The summed E-state index contributed by atoms with van der Waals surface area (Å²) in [4.78, 5) is 23.5. The van der Waals surface area contributed by atoms with Gasteiger partial charge in [0, 0.05) is 22.5 Å². The Morgan fingerprint density at radius 1 is 1.25 bits per heavy atom. The van der Waals surface area contributed by atoms with Gasteiger partial charge in [0.15, 0.2) is 0 Å². The van der Waals surface area contributed by atoms with Crippen molar-refractivity contribution in [3.63, 3.8) is 0 Å². The van der Waals surface area contributed by atoms with E-state index >= 15 is 0 Å². The maximum absolute atomic E-state index is 12.6. The first-order valence-electron chi connectivity index (χ1n) is 8.32. The SMILES string of the molecule is NC(=O)Cn1c(C2CC2)nnc1S(=O)(=O)CC(=O)NCc1ccc(Cl)cc1Cl. The normalized spacial score (nSPS) is 14.1. The molecule has 0 spiro atoms. The second-order valence-electron chi connectivity index (χ2n) is 6.44. The van der Waals surface area contributed by atoms with E-state index in [4.69, 9.17) is 28.9 Å². The Labute approximate surface area is 171 Å². The molecule has 0 bridgehead atoms. The lowest BCUT2D eigenvalue weighted by Crippen LogP contribution is -2.32. The quantitative estimate of drug-likeness (QED) is 0.622. The first kappa shape index (κ1) is 20.6. The molecule has 2 amide bonds. The molecule has 1 aliphatic carbocycles. The number of halogens is 2. The number of nitrogens with zero attached hydrogens (tertiary/aromatic N) is 3. The molecule has 3 rings (SSSR count). The van der Waals surface area contributed by atoms with Gasteiger partial charge < -0.3 is 11.1 Å². The maximum atomic E-state index is 12.6. The van der Waals surface area contributed by atoms with E-state index in [0.29, 0.717) is 21.4 Å². The maximum Gasteiger partial charge on any atom is 0.250 e. The number of nitrogens with one attached hydrogen (secondary N) is 1. The summed E-state index contributed by atoms with van der Waals surface area (Å²) >= 11 is 11.8. The highest BCUT2D eigenvalue weighted by Gasteiger charge is 2.34. The lowest BCUT2D eigenvalue weighted by atomic mass is 10.2. The predicted molar refractivity (Wildman–Crippen MR) is 102 cm³/mol. The molecule has 1 aliphatic rings. The summed E-state index contributed by atoms with van der Waals surface area (Å²) in [6.07, 6.45) is 1.67. The van der Waals surface area contributed by atoms with Gasteiger partial charge in [-0.25, -0.2) is 8.42 Å². The average molecular weight is 446 g/mol. The predicted octanol–water partition coefficient (Wildman–Crippen LogP) is 1.04. The number of carbonyl (C=O) groups is 2. The van der Waals surface area contributed by atoms with Crippen LogP contribution in [0.3, 0.4) is 0 Å². The highest BCUT2D eigenvalue weighted by Crippen LogP contribution is 2.39. The molecule has 0 radical (unpaired) electrons. The van der Waals surface area contributed by atoms with Gasteiger partial charge in [-0.05, 0) is 30.5 Å². The van der Waals surface area contributed by atoms with Gasteiger partial charge in [-0.3, -0.25) is 14.2 Å². The molecule has 1 heterocycles. The Kier molecular flexibility index (Phi) is 5.92. The van der Waals surface area contributed by atoms with Crippen LogP contribution in [0, 0.1) is 0 Å². The molecule has 1 aromatic carbocycles. The molecular formula is C16H17Cl2N5O4S. The standard InChI is InChI=1S/C16H17Cl2N5O4S/c17-11-4-3-10(12(18)5-11)6-20-14(25)8-28(26,27)16-22-21-15(9-1-2-9)23(16)7-13(19)24/h3-5,9H,1-2,6-8H2,(H2,19,24)(H,20,25). The monoisotopic (exact) mass is 445 g/mol. The number of benzene rings is 1. The molecule has 12 heteroatoms. The van der Waals surface area contributed by atoms with Crippen molar-refractivity contribution in [2.75, 3.05) is 5.75 Å². The van der Waals surface area contributed by atoms with Crippen molar-refractivity contribution in [2.24, 2.45) is 5.73 Å². The zero-order valence-corrected chi connectivity index (χ0v) is 16.9. The zero-order chi connectivity index (χ0) is 20.5. The molecule has 1 fully saturated rings. The van der Waals surface area contributed by atoms with E-state index in [1.807, 2.05) is 0 Å². The topological polar surface area (TPSA) is 137 Å². The second-order valence-corrected chi connectivity index (χ2v) is 9.17. The molecule has 3 N–H and O–H groups in total. The third-order valence-corrected chi connectivity index (χ3v) is 6.18. The number of hydrogen-bond acceptors (Lipinski definition) is 6. The first-order valence-corrected chi connectivity index (χ1v) is 10.7. The van der Waals surface area contributed by atoms with E-state index in [2.05, 4.69) is 15.5 Å². The Bertz CT molecular complexity index is 1030. The molecule has 0 saturated heterocycles. The third kappa shape index (κ3) is 4.81. The molecule has 9 nitrogen and oxygen atoms in total. The van der Waals surface area contributed by atoms with Crippen molar-refractivity contribution in [1.82, 2.24) is 20.1 Å². The lowest BCUT2D eigenvalue weighted by molar-refractivity contribution is -0.119. The smallest absolute Gasteiger partial charge is 0.250 e. The average Bonchev–Trinajstić information content (AvgIpc) is 3.34. The fourth-order valence-corrected chi connectivity index (χ4v) is 4.34. The second kappa shape index (κ2) is 8.06. The van der Waals surface area contributed by atoms with Crippen LogP contribution in [0.5, 0.6) is 0 Å². The van der Waals surface area contributed by atoms with Crippen molar-refractivity contribution in [3.05, 3.63) is 39.6 Å². The largest absolute Gasteiger partial charge is 0.368 e. The number of hydrogen-bond donors (Lipinski definition) is 2. The van der Waals surface area contributed by atoms with Crippen LogP contribution in [0.4, 0.5) is 0 Å². The van der Waals surface area contributed by atoms with Gasteiger partial charge in [-0.2, -0.15) is 0 Å². The van der Waals surface area contributed by atoms with Gasteiger partial charge in [0.2, 0.25) is 21.7 Å². The number of sulfone groups is 1. The Hall–Kier alpha value is -2.17. The summed E-state index contributed by atoms with van der Waals surface area (Å²) in [7, 11) is -4.13. The molecule has 0 aliphatic heterocycles. The number of nitrogens with two attached hydrogens (primary N) is 1. The van der Waals surface area contributed by atoms with E-state index in [9.17, 15) is 18.0 Å². The lowest BCUT2D eigenvalue weighted by Gasteiger charge is -2.10. The van der Waals surface area contributed by atoms with Crippen molar-refractivity contribution in [2.45, 2.75) is 37.0 Å². The number of primary amides is 1. The fraction of sp³-hybridized carbons (Fsp3) is 0.375. The summed E-state index contributed by atoms with van der Waals surface area (Å²) in [5, 5.41) is 10.4. The van der Waals surface area contributed by atoms with Crippen LogP contribution in [0.2, 0.25) is 10.0 Å². The molecule has 28 heavy (non-hydrogen) atoms. The zero-order valence-electron chi connectivity index (χ0n) is 14.6. The number of carbonyl (C=O) groups excluding carboxylic acids is 2. The van der Waals surface area contributed by atoms with Crippen LogP contribution in [0.25, 0.3) is 0 Å². The summed E-state index contributed by atoms with van der Waals surface area (Å²) in [5.74, 6) is -1.87. The van der Waals surface area contributed by atoms with E-state index in [1.165, 1.54) is 10.6 Å². The van der Waals surface area contributed by atoms with E-state index in [-0.39, 0.29) is 19.0 Å². The van der Waals surface area contributed by atoms with Crippen LogP contribution < -0.4 is 11.1 Å². The minimum Gasteiger partial charge on any atom is -0.368 e. The Morgan fingerprint density at radius 3 is 2.57 bits per heavy atom. The highest BCUT2D eigenvalue weighted by atomic mass is 35.5. The van der Waals surface area contributed by atoms with Gasteiger partial charge in [0.05, 0.1) is 0 Å². The molecule has 0 unspecified atom stereocenters. The summed E-state index contributed by atoms with van der Waals surface area (Å²) in [6, 6.07) is 4.76. The molecule has 2 aromatic rings. The molecular weight excluding hydrogens is 429 g/mol. The Morgan fingerprint density at radius 2 is 1.96 bits per heavy atom. The van der Waals surface area contributed by atoms with E-state index < -0.39 is 32.6 Å². The van der Waals surface area contributed by atoms with Crippen molar-refractivity contribution in [3.8, 4) is 0 Å². The minimum atomic E-state index is -4.13. The molecule has 150 valence electrons. The van der Waals surface area contributed by atoms with Crippen LogP contribution in [-0.2, 0) is 32.5 Å². The minimum absolute atomic E-state index is 0.0334. The van der Waals surface area contributed by atoms with Crippen LogP contribution >= 0.6 is 23.2 Å². The van der Waals surface area contributed by atoms with Crippen LogP contribution in [0.1, 0.15) is 30.1 Å². The summed E-state index contributed by atoms with van der Waals surface area (Å²) < 4.78 is 26.5. The first-order chi connectivity index (χ1) is 13.2. The number of aromatic nitrogens is 3. The number of amides is 2. The van der Waals surface area contributed by atoms with Gasteiger partial charge in [0.25, 0.3) is 5.16 Å². The van der Waals surface area contributed by atoms with Crippen LogP contribution in [0.15, 0.2) is 23.4 Å². The van der Waals surface area contributed by atoms with E-state index in [0.717, 1.165) is 12.8 Å².